The van der Waals surface area contributed by atoms with E-state index in [0.29, 0.717) is 6.61 Å². The molecule has 5 nitrogen and oxygen atoms in total. The van der Waals surface area contributed by atoms with E-state index in [1.54, 1.807) is 17.1 Å². The Hall–Kier alpha value is -0.980. The van der Waals surface area contributed by atoms with Gasteiger partial charge in [0.05, 0.1) is 12.8 Å². The zero-order valence-electron chi connectivity index (χ0n) is 7.85. The van der Waals surface area contributed by atoms with Gasteiger partial charge in [0.2, 0.25) is 6.35 Å². The van der Waals surface area contributed by atoms with Gasteiger partial charge in [-0.1, -0.05) is 0 Å². The molecule has 2 aromatic rings. The Morgan fingerprint density at radius 3 is 3.27 bits per heavy atom. The van der Waals surface area contributed by atoms with Crippen LogP contribution in [0.3, 0.4) is 0 Å². The molecule has 0 spiro atoms. The number of hydrogen-bond donors (Lipinski definition) is 1. The fourth-order valence-electron chi connectivity index (χ4n) is 1.65. The van der Waals surface area contributed by atoms with Gasteiger partial charge in [0, 0.05) is 22.6 Å². The van der Waals surface area contributed by atoms with Gasteiger partial charge in [0.1, 0.15) is 0 Å². The van der Waals surface area contributed by atoms with E-state index in [1.165, 1.54) is 0 Å². The Morgan fingerprint density at radius 2 is 2.47 bits per heavy atom. The molecule has 1 fully saturated rings. The van der Waals surface area contributed by atoms with Gasteiger partial charge in [0.25, 0.3) is 0 Å². The Balaban J connectivity index is 2.11. The van der Waals surface area contributed by atoms with Crippen LogP contribution in [0.2, 0.25) is 0 Å². The minimum Gasteiger partial charge on any atom is -0.342 e. The molecule has 0 aliphatic carbocycles. The summed E-state index contributed by atoms with van der Waals surface area (Å²) in [5, 5.41) is 8.46. The minimum atomic E-state index is -0.184. The summed E-state index contributed by atoms with van der Waals surface area (Å²) in [7, 11) is 0. The van der Waals surface area contributed by atoms with Gasteiger partial charge in [-0.15, -0.1) is 0 Å². The number of pyridine rings is 1. The smallest absolute Gasteiger partial charge is 0.208 e. The van der Waals surface area contributed by atoms with Crippen LogP contribution < -0.4 is 5.32 Å². The third kappa shape index (κ3) is 1.54. The van der Waals surface area contributed by atoms with Crippen LogP contribution in [0, 0.1) is 0 Å². The number of ether oxygens (including phenoxy) is 1. The second-order valence-electron chi connectivity index (χ2n) is 3.33. The number of fused-ring (bicyclic) bond motifs is 1. The zero-order valence-corrected chi connectivity index (χ0v) is 9.44. The molecule has 6 heteroatoms. The van der Waals surface area contributed by atoms with Crippen LogP contribution in [-0.2, 0) is 4.74 Å². The maximum absolute atomic E-state index is 5.47. The number of aromatic nitrogens is 3. The van der Waals surface area contributed by atoms with Crippen molar-refractivity contribution in [3.05, 3.63) is 22.9 Å². The first kappa shape index (κ1) is 9.26. The molecular formula is C9H9BrN4O. The van der Waals surface area contributed by atoms with Gasteiger partial charge >= 0.3 is 0 Å². The third-order valence-electron chi connectivity index (χ3n) is 2.32. The number of nitrogens with zero attached hydrogens (tertiary/aromatic N) is 3. The predicted octanol–water partition coefficient (Wildman–Crippen LogP) is 1.27. The van der Waals surface area contributed by atoms with Crippen LogP contribution >= 0.6 is 15.9 Å². The highest BCUT2D eigenvalue weighted by Crippen LogP contribution is 2.20. The molecule has 2 aromatic heterocycles. The van der Waals surface area contributed by atoms with Crippen molar-refractivity contribution in [3.8, 4) is 0 Å². The molecule has 0 saturated carbocycles. The highest BCUT2D eigenvalue weighted by molar-refractivity contribution is 9.10. The summed E-state index contributed by atoms with van der Waals surface area (Å²) in [6.07, 6.45) is 3.36. The van der Waals surface area contributed by atoms with Crippen molar-refractivity contribution in [2.75, 3.05) is 13.2 Å². The van der Waals surface area contributed by atoms with Crippen LogP contribution in [0.4, 0.5) is 0 Å². The van der Waals surface area contributed by atoms with Gasteiger partial charge in [-0.05, 0) is 22.0 Å². The van der Waals surface area contributed by atoms with Gasteiger partial charge in [0.15, 0.2) is 5.65 Å². The van der Waals surface area contributed by atoms with Gasteiger partial charge < -0.3 is 4.74 Å². The largest absolute Gasteiger partial charge is 0.342 e. The summed E-state index contributed by atoms with van der Waals surface area (Å²) >= 11 is 3.38. The van der Waals surface area contributed by atoms with E-state index in [4.69, 9.17) is 4.74 Å². The Bertz CT molecular complexity index is 492. The van der Waals surface area contributed by atoms with E-state index < -0.39 is 0 Å². The highest BCUT2D eigenvalue weighted by Gasteiger charge is 2.19. The molecule has 0 bridgehead atoms. The van der Waals surface area contributed by atoms with Crippen LogP contribution in [-0.4, -0.2) is 27.9 Å². The number of halogens is 1. The summed E-state index contributed by atoms with van der Waals surface area (Å²) in [6.45, 7) is 1.56. The fourth-order valence-corrected chi connectivity index (χ4v) is 2.00. The molecule has 0 radical (unpaired) electrons. The van der Waals surface area contributed by atoms with E-state index in [0.717, 1.165) is 22.1 Å². The number of hydrogen-bond acceptors (Lipinski definition) is 4. The maximum Gasteiger partial charge on any atom is 0.208 e. The summed E-state index contributed by atoms with van der Waals surface area (Å²) in [6, 6.07) is 1.99. The molecule has 3 heterocycles. The summed E-state index contributed by atoms with van der Waals surface area (Å²) < 4.78 is 8.19. The van der Waals surface area contributed by atoms with Crippen molar-refractivity contribution in [2.24, 2.45) is 0 Å². The van der Waals surface area contributed by atoms with Crippen molar-refractivity contribution in [3.63, 3.8) is 0 Å². The Morgan fingerprint density at radius 1 is 1.53 bits per heavy atom. The van der Waals surface area contributed by atoms with E-state index in [9.17, 15) is 0 Å². The summed E-state index contributed by atoms with van der Waals surface area (Å²) in [5.74, 6) is 0. The first-order valence-electron chi connectivity index (χ1n) is 4.68. The van der Waals surface area contributed by atoms with E-state index in [1.807, 2.05) is 6.07 Å². The molecule has 15 heavy (non-hydrogen) atoms. The normalized spacial score (nSPS) is 21.3. The maximum atomic E-state index is 5.47. The number of rotatable bonds is 1. The lowest BCUT2D eigenvalue weighted by atomic mass is 10.4. The third-order valence-corrected chi connectivity index (χ3v) is 2.75. The van der Waals surface area contributed by atoms with Crippen LogP contribution in [0.1, 0.15) is 6.35 Å². The van der Waals surface area contributed by atoms with E-state index >= 15 is 0 Å². The van der Waals surface area contributed by atoms with Crippen LogP contribution in [0.5, 0.6) is 0 Å². The Kier molecular flexibility index (Phi) is 2.19. The monoisotopic (exact) mass is 268 g/mol. The standard InChI is InChI=1S/C9H9BrN4O/c10-7-3-6-4-13-14(8(6)12-5-7)9-11-1-2-15-9/h3-5,9,11H,1-2H2. The molecule has 1 aliphatic heterocycles. The lowest BCUT2D eigenvalue weighted by molar-refractivity contribution is 0.0375. The molecule has 78 valence electrons. The van der Waals surface area contributed by atoms with Crippen molar-refractivity contribution in [1.29, 1.82) is 0 Å². The molecule has 3 rings (SSSR count). The molecule has 1 unspecified atom stereocenters. The van der Waals surface area contributed by atoms with Crippen molar-refractivity contribution in [2.45, 2.75) is 6.35 Å². The molecule has 0 amide bonds. The van der Waals surface area contributed by atoms with Gasteiger partial charge in [-0.3, -0.25) is 5.32 Å². The van der Waals surface area contributed by atoms with Gasteiger partial charge in [-0.2, -0.15) is 5.10 Å². The molecule has 0 aromatic carbocycles. The lowest BCUT2D eigenvalue weighted by Crippen LogP contribution is -2.22. The highest BCUT2D eigenvalue weighted by atomic mass is 79.9. The van der Waals surface area contributed by atoms with Crippen LogP contribution in [0.25, 0.3) is 11.0 Å². The van der Waals surface area contributed by atoms with E-state index in [-0.39, 0.29) is 6.35 Å². The predicted molar refractivity (Wildman–Crippen MR) is 58.2 cm³/mol. The molecular weight excluding hydrogens is 260 g/mol. The van der Waals surface area contributed by atoms with Crippen molar-refractivity contribution in [1.82, 2.24) is 20.1 Å². The second-order valence-corrected chi connectivity index (χ2v) is 4.25. The lowest BCUT2D eigenvalue weighted by Gasteiger charge is -2.10. The van der Waals surface area contributed by atoms with Gasteiger partial charge in [-0.25, -0.2) is 9.67 Å². The van der Waals surface area contributed by atoms with Crippen molar-refractivity contribution < 1.29 is 4.74 Å². The first-order valence-corrected chi connectivity index (χ1v) is 5.48. The zero-order chi connectivity index (χ0) is 10.3. The summed E-state index contributed by atoms with van der Waals surface area (Å²) in [4.78, 5) is 4.32. The SMILES string of the molecule is Brc1cnc2c(cnn2C2NCCO2)c1. The van der Waals surface area contributed by atoms with Crippen LogP contribution in [0.15, 0.2) is 22.9 Å². The van der Waals surface area contributed by atoms with Crippen molar-refractivity contribution >= 4 is 27.0 Å². The quantitative estimate of drug-likeness (QED) is 0.847. The molecule has 1 saturated heterocycles. The average molecular weight is 269 g/mol. The number of nitrogens with one attached hydrogen (secondary N) is 1. The summed E-state index contributed by atoms with van der Waals surface area (Å²) in [5.41, 5.74) is 0.831. The molecule has 1 N–H and O–H groups in total. The van der Waals surface area contributed by atoms with E-state index in [2.05, 4.69) is 31.3 Å². The molecule has 1 atom stereocenters. The second kappa shape index (κ2) is 3.55. The fraction of sp³-hybridized carbons (Fsp3) is 0.333. The molecule has 1 aliphatic rings. The first-order chi connectivity index (χ1) is 7.34. The Labute approximate surface area is 94.6 Å². The minimum absolute atomic E-state index is 0.184. The topological polar surface area (TPSA) is 52.0 Å². The average Bonchev–Trinajstić information content (AvgIpc) is 2.82.